The maximum atomic E-state index is 12.5. The summed E-state index contributed by atoms with van der Waals surface area (Å²) in [4.78, 5) is 1.89. The lowest BCUT2D eigenvalue weighted by Crippen LogP contribution is -2.38. The first-order chi connectivity index (χ1) is 6.54. The summed E-state index contributed by atoms with van der Waals surface area (Å²) in [5.74, 6) is -1.21. The standard InChI is InChI=1S/C9H17F3N2/c1-2-4-14-5-3-13-6-8(7-14)9(10,11)12/h8,13H,2-7H2,1H3. The summed E-state index contributed by atoms with van der Waals surface area (Å²) in [7, 11) is 0. The zero-order valence-electron chi connectivity index (χ0n) is 8.40. The number of alkyl halides is 3. The highest BCUT2D eigenvalue weighted by molar-refractivity contribution is 4.78. The smallest absolute Gasteiger partial charge is 0.315 e. The highest BCUT2D eigenvalue weighted by atomic mass is 19.4. The largest absolute Gasteiger partial charge is 0.394 e. The second-order valence-corrected chi connectivity index (χ2v) is 3.74. The zero-order chi connectivity index (χ0) is 10.6. The van der Waals surface area contributed by atoms with Crippen molar-refractivity contribution < 1.29 is 13.2 Å². The average molecular weight is 210 g/mol. The van der Waals surface area contributed by atoms with Gasteiger partial charge in [-0.3, -0.25) is 0 Å². The lowest BCUT2D eigenvalue weighted by molar-refractivity contribution is -0.175. The number of rotatable bonds is 2. The van der Waals surface area contributed by atoms with E-state index < -0.39 is 12.1 Å². The zero-order valence-corrected chi connectivity index (χ0v) is 8.40. The molecule has 0 aromatic rings. The third-order valence-electron chi connectivity index (χ3n) is 2.48. The fourth-order valence-corrected chi connectivity index (χ4v) is 1.72. The Bertz CT molecular complexity index is 170. The van der Waals surface area contributed by atoms with E-state index in [1.165, 1.54) is 0 Å². The first-order valence-corrected chi connectivity index (χ1v) is 5.04. The van der Waals surface area contributed by atoms with Gasteiger partial charge in [-0.15, -0.1) is 0 Å². The summed E-state index contributed by atoms with van der Waals surface area (Å²) < 4.78 is 37.4. The number of halogens is 3. The molecule has 0 spiro atoms. The lowest BCUT2D eigenvalue weighted by atomic mass is 10.1. The Morgan fingerprint density at radius 2 is 2.14 bits per heavy atom. The van der Waals surface area contributed by atoms with Crippen LogP contribution in [-0.4, -0.2) is 43.8 Å². The van der Waals surface area contributed by atoms with Gasteiger partial charge in [0.25, 0.3) is 0 Å². The van der Waals surface area contributed by atoms with Gasteiger partial charge in [-0.1, -0.05) is 6.92 Å². The van der Waals surface area contributed by atoms with Crippen molar-refractivity contribution in [2.75, 3.05) is 32.7 Å². The van der Waals surface area contributed by atoms with Crippen molar-refractivity contribution in [3.05, 3.63) is 0 Å². The van der Waals surface area contributed by atoms with Crippen LogP contribution in [0.3, 0.4) is 0 Å². The van der Waals surface area contributed by atoms with Crippen LogP contribution in [0.4, 0.5) is 13.2 Å². The van der Waals surface area contributed by atoms with Crippen molar-refractivity contribution >= 4 is 0 Å². The van der Waals surface area contributed by atoms with Crippen molar-refractivity contribution in [2.45, 2.75) is 19.5 Å². The van der Waals surface area contributed by atoms with Crippen LogP contribution in [0.25, 0.3) is 0 Å². The molecule has 1 aliphatic rings. The van der Waals surface area contributed by atoms with Crippen molar-refractivity contribution in [1.29, 1.82) is 0 Å². The Balaban J connectivity index is 2.51. The van der Waals surface area contributed by atoms with E-state index in [1.54, 1.807) is 0 Å². The van der Waals surface area contributed by atoms with Crippen LogP contribution in [0.15, 0.2) is 0 Å². The molecule has 0 saturated carbocycles. The molecule has 0 aromatic carbocycles. The molecule has 84 valence electrons. The molecule has 1 unspecified atom stereocenters. The summed E-state index contributed by atoms with van der Waals surface area (Å²) in [6.45, 7) is 4.33. The van der Waals surface area contributed by atoms with Gasteiger partial charge < -0.3 is 10.2 Å². The van der Waals surface area contributed by atoms with Crippen molar-refractivity contribution in [1.82, 2.24) is 10.2 Å². The summed E-state index contributed by atoms with van der Waals surface area (Å²) in [6, 6.07) is 0. The summed E-state index contributed by atoms with van der Waals surface area (Å²) >= 11 is 0. The SMILES string of the molecule is CCCN1CCNCC(C(F)(F)F)C1. The highest BCUT2D eigenvalue weighted by Gasteiger charge is 2.40. The van der Waals surface area contributed by atoms with Gasteiger partial charge in [-0.2, -0.15) is 13.2 Å². The highest BCUT2D eigenvalue weighted by Crippen LogP contribution is 2.27. The molecule has 0 radical (unpaired) electrons. The second kappa shape index (κ2) is 4.98. The minimum absolute atomic E-state index is 0.0592. The third-order valence-corrected chi connectivity index (χ3v) is 2.48. The molecular weight excluding hydrogens is 193 g/mol. The second-order valence-electron chi connectivity index (χ2n) is 3.74. The van der Waals surface area contributed by atoms with Gasteiger partial charge in [0.1, 0.15) is 0 Å². The molecule has 1 aliphatic heterocycles. The number of hydrogen-bond donors (Lipinski definition) is 1. The Kier molecular flexibility index (Phi) is 4.19. The van der Waals surface area contributed by atoms with Gasteiger partial charge in [0.2, 0.25) is 0 Å². The van der Waals surface area contributed by atoms with E-state index in [0.717, 1.165) is 19.5 Å². The van der Waals surface area contributed by atoms with Crippen molar-refractivity contribution in [3.63, 3.8) is 0 Å². The first kappa shape index (κ1) is 11.8. The Labute approximate surface area is 82.5 Å². The monoisotopic (exact) mass is 210 g/mol. The molecule has 1 fully saturated rings. The molecule has 1 N–H and O–H groups in total. The fraction of sp³-hybridized carbons (Fsp3) is 1.00. The minimum Gasteiger partial charge on any atom is -0.315 e. The number of nitrogens with zero attached hydrogens (tertiary/aromatic N) is 1. The minimum atomic E-state index is -4.07. The van der Waals surface area contributed by atoms with Gasteiger partial charge >= 0.3 is 6.18 Å². The molecule has 0 bridgehead atoms. The normalized spacial score (nSPS) is 26.1. The van der Waals surface area contributed by atoms with Crippen molar-refractivity contribution in [2.24, 2.45) is 5.92 Å². The van der Waals surface area contributed by atoms with Gasteiger partial charge in [0.15, 0.2) is 0 Å². The Morgan fingerprint density at radius 3 is 2.71 bits per heavy atom. The molecule has 1 atom stereocenters. The average Bonchev–Trinajstić information content (AvgIpc) is 2.29. The molecule has 0 amide bonds. The molecule has 14 heavy (non-hydrogen) atoms. The number of nitrogens with one attached hydrogen (secondary N) is 1. The van der Waals surface area contributed by atoms with Gasteiger partial charge in [-0.25, -0.2) is 0 Å². The number of hydrogen-bond acceptors (Lipinski definition) is 2. The van der Waals surface area contributed by atoms with Crippen LogP contribution in [0.1, 0.15) is 13.3 Å². The molecule has 1 rings (SSSR count). The van der Waals surface area contributed by atoms with Gasteiger partial charge in [0.05, 0.1) is 5.92 Å². The summed E-state index contributed by atoms with van der Waals surface area (Å²) in [5.41, 5.74) is 0. The van der Waals surface area contributed by atoms with Gasteiger partial charge in [-0.05, 0) is 13.0 Å². The predicted molar refractivity (Wildman–Crippen MR) is 49.1 cm³/mol. The van der Waals surface area contributed by atoms with E-state index in [-0.39, 0.29) is 13.1 Å². The van der Waals surface area contributed by atoms with Crippen LogP contribution in [0, 0.1) is 5.92 Å². The van der Waals surface area contributed by atoms with E-state index in [2.05, 4.69) is 5.32 Å². The van der Waals surface area contributed by atoms with Crippen LogP contribution in [-0.2, 0) is 0 Å². The van der Waals surface area contributed by atoms with E-state index >= 15 is 0 Å². The molecule has 5 heteroatoms. The molecule has 1 heterocycles. The molecule has 2 nitrogen and oxygen atoms in total. The fourth-order valence-electron chi connectivity index (χ4n) is 1.72. The lowest BCUT2D eigenvalue weighted by Gasteiger charge is -2.24. The maximum Gasteiger partial charge on any atom is 0.394 e. The summed E-state index contributed by atoms with van der Waals surface area (Å²) in [5, 5.41) is 2.83. The van der Waals surface area contributed by atoms with Crippen LogP contribution >= 0.6 is 0 Å². The molecule has 0 aromatic heterocycles. The maximum absolute atomic E-state index is 12.5. The quantitative estimate of drug-likeness (QED) is 0.742. The third kappa shape index (κ3) is 3.46. The van der Waals surface area contributed by atoms with Gasteiger partial charge in [0, 0.05) is 26.2 Å². The first-order valence-electron chi connectivity index (χ1n) is 5.04. The van der Waals surface area contributed by atoms with E-state index in [4.69, 9.17) is 0 Å². The Morgan fingerprint density at radius 1 is 1.43 bits per heavy atom. The van der Waals surface area contributed by atoms with Crippen LogP contribution in [0.5, 0.6) is 0 Å². The molecular formula is C9H17F3N2. The molecule has 1 saturated heterocycles. The van der Waals surface area contributed by atoms with Crippen LogP contribution < -0.4 is 5.32 Å². The van der Waals surface area contributed by atoms with E-state index in [0.29, 0.717) is 6.54 Å². The summed E-state index contributed by atoms with van der Waals surface area (Å²) in [6.07, 6.45) is -3.16. The van der Waals surface area contributed by atoms with Crippen molar-refractivity contribution in [3.8, 4) is 0 Å². The Hall–Kier alpha value is -0.290. The topological polar surface area (TPSA) is 15.3 Å². The molecule has 0 aliphatic carbocycles. The van der Waals surface area contributed by atoms with E-state index in [9.17, 15) is 13.2 Å². The van der Waals surface area contributed by atoms with E-state index in [1.807, 2.05) is 11.8 Å². The predicted octanol–water partition coefficient (Wildman–Crippen LogP) is 1.48. The van der Waals surface area contributed by atoms with Crippen LogP contribution in [0.2, 0.25) is 0 Å².